The van der Waals surface area contributed by atoms with Gasteiger partial charge in [0.1, 0.15) is 11.6 Å². The van der Waals surface area contributed by atoms with Crippen molar-refractivity contribution < 1.29 is 46.3 Å². The molecule has 0 fully saturated rings. The molecule has 23 heavy (non-hydrogen) atoms. The summed E-state index contributed by atoms with van der Waals surface area (Å²) in [7, 11) is 0. The molecule has 3 rings (SSSR count). The molecule has 0 amide bonds. The average Bonchev–Trinajstić information content (AvgIpc) is 2.76. The molecule has 1 aromatic carbocycles. The van der Waals surface area contributed by atoms with Gasteiger partial charge in [0, 0.05) is 38.3 Å². The number of halogens is 2. The number of benzene rings is 1. The Morgan fingerprint density at radius 1 is 1.22 bits per heavy atom. The Morgan fingerprint density at radius 2 is 1.96 bits per heavy atom. The predicted molar refractivity (Wildman–Crippen MR) is 72.3 cm³/mol. The maximum absolute atomic E-state index is 13.7. The van der Waals surface area contributed by atoms with Crippen LogP contribution in [0.15, 0.2) is 39.9 Å². The molecule has 2 aromatic rings. The molecular weight excluding hydrogens is 385 g/mol. The molecule has 1 unspecified atom stereocenters. The van der Waals surface area contributed by atoms with Gasteiger partial charge >= 0.3 is 11.4 Å². The van der Waals surface area contributed by atoms with Crippen LogP contribution in [0.25, 0.3) is 0 Å². The maximum Gasteiger partial charge on any atom is 0.347 e. The van der Waals surface area contributed by atoms with Crippen LogP contribution in [0.5, 0.6) is 0 Å². The van der Waals surface area contributed by atoms with E-state index in [1.54, 1.807) is 12.4 Å². The molecule has 1 aromatic heterocycles. The minimum absolute atomic E-state index is 0. The summed E-state index contributed by atoms with van der Waals surface area (Å²) in [6.07, 6.45) is 4.65. The normalized spacial score (nSPS) is 15.8. The molecule has 1 aliphatic heterocycles. The molecule has 0 spiro atoms. The van der Waals surface area contributed by atoms with E-state index in [1.165, 1.54) is 6.08 Å². The third kappa shape index (κ3) is 3.05. The summed E-state index contributed by atoms with van der Waals surface area (Å²) < 4.78 is 29.6. The molecule has 9 heteroatoms. The van der Waals surface area contributed by atoms with Crippen molar-refractivity contribution in [2.75, 3.05) is 0 Å². The number of hydrogen-bond acceptors (Lipinski definition) is 3. The third-order valence-corrected chi connectivity index (χ3v) is 3.46. The third-order valence-electron chi connectivity index (χ3n) is 3.46. The van der Waals surface area contributed by atoms with E-state index in [9.17, 15) is 23.2 Å². The van der Waals surface area contributed by atoms with Crippen LogP contribution < -0.4 is 11.4 Å². The van der Waals surface area contributed by atoms with Gasteiger partial charge in [-0.05, 0) is 24.2 Å². The van der Waals surface area contributed by atoms with Crippen molar-refractivity contribution in [2.24, 2.45) is 0 Å². The van der Waals surface area contributed by atoms with Gasteiger partial charge in [0.2, 0.25) is 0 Å². The van der Waals surface area contributed by atoms with Crippen molar-refractivity contribution in [1.29, 1.82) is 0 Å². The predicted octanol–water partition coefficient (Wildman–Crippen LogP) is 0.356. The van der Waals surface area contributed by atoms with Gasteiger partial charge in [-0.3, -0.25) is 4.68 Å². The Hall–Kier alpha value is -1.67. The fraction of sp³-hybridized carbons (Fsp3) is 0.214. The van der Waals surface area contributed by atoms with E-state index in [0.29, 0.717) is 0 Å². The van der Waals surface area contributed by atoms with Crippen molar-refractivity contribution in [3.05, 3.63) is 68.5 Å². The van der Waals surface area contributed by atoms with Crippen LogP contribution in [0.4, 0.5) is 8.78 Å². The molecule has 1 radical (unpaired) electrons. The molecular formula is C14H10F2N3O3Y-. The van der Waals surface area contributed by atoms with Crippen LogP contribution in [0, 0.1) is 11.6 Å². The first-order chi connectivity index (χ1) is 10.5. The minimum Gasteiger partial charge on any atom is -0.539 e. The number of aromatic nitrogens is 3. The maximum atomic E-state index is 13.7. The largest absolute Gasteiger partial charge is 0.539 e. The second kappa shape index (κ2) is 6.84. The van der Waals surface area contributed by atoms with Gasteiger partial charge in [0.15, 0.2) is 0 Å². The molecule has 0 saturated carbocycles. The van der Waals surface area contributed by atoms with Crippen molar-refractivity contribution >= 4 is 6.29 Å². The standard InChI is InChI=1S/C14H10F2N3O3.Y/c15-10-3-4-12(16)9(6-10)7-17-13(21)18-5-1-2-11(8-20)19(18)14(17)22;/h1-4,6,11H,5,7H2;/q-1;. The van der Waals surface area contributed by atoms with Crippen molar-refractivity contribution in [1.82, 2.24) is 13.9 Å². The summed E-state index contributed by atoms with van der Waals surface area (Å²) >= 11 is 0. The van der Waals surface area contributed by atoms with E-state index in [-0.39, 0.29) is 44.8 Å². The number of rotatable bonds is 3. The zero-order valence-electron chi connectivity index (χ0n) is 11.8. The summed E-state index contributed by atoms with van der Waals surface area (Å²) in [5, 5.41) is 0. The van der Waals surface area contributed by atoms with Gasteiger partial charge < -0.3 is 4.79 Å². The van der Waals surface area contributed by atoms with Crippen LogP contribution in [-0.4, -0.2) is 20.2 Å². The van der Waals surface area contributed by atoms with Gasteiger partial charge in [0.25, 0.3) is 0 Å². The Labute approximate surface area is 153 Å². The molecule has 0 N–H and O–H groups in total. The van der Waals surface area contributed by atoms with Crippen molar-refractivity contribution in [2.45, 2.75) is 19.1 Å². The smallest absolute Gasteiger partial charge is 0.347 e. The Kier molecular flexibility index (Phi) is 5.26. The summed E-state index contributed by atoms with van der Waals surface area (Å²) in [5.74, 6) is -1.40. The van der Waals surface area contributed by atoms with E-state index in [2.05, 4.69) is 0 Å². The number of allylic oxidation sites excluding steroid dienone is 2. The SMILES string of the molecule is O=[C-]C1C=CCn2c(=O)n(Cc3cc(F)ccc3F)c(=O)n21.[Y]. The second-order valence-corrected chi connectivity index (χ2v) is 4.80. The topological polar surface area (TPSA) is 66.0 Å². The molecule has 1 atom stereocenters. The monoisotopic (exact) mass is 395 g/mol. The van der Waals surface area contributed by atoms with Crippen LogP contribution >= 0.6 is 0 Å². The van der Waals surface area contributed by atoms with Gasteiger partial charge in [0.05, 0.1) is 13.1 Å². The van der Waals surface area contributed by atoms with Crippen LogP contribution in [0.3, 0.4) is 0 Å². The van der Waals surface area contributed by atoms with Gasteiger partial charge in [-0.2, -0.15) is 0 Å². The zero-order valence-corrected chi connectivity index (χ0v) is 14.6. The number of carbonyl (C=O) groups excluding carboxylic acids is 1. The summed E-state index contributed by atoms with van der Waals surface area (Å²) in [6, 6.07) is 1.78. The van der Waals surface area contributed by atoms with E-state index < -0.39 is 35.6 Å². The fourth-order valence-electron chi connectivity index (χ4n) is 2.41. The molecule has 0 aliphatic carbocycles. The molecule has 0 bridgehead atoms. The van der Waals surface area contributed by atoms with E-state index in [4.69, 9.17) is 0 Å². The second-order valence-electron chi connectivity index (χ2n) is 4.80. The Bertz CT molecular complexity index is 898. The number of fused-ring (bicyclic) bond motifs is 1. The quantitative estimate of drug-likeness (QED) is 0.557. The Balaban J connectivity index is 0.00000192. The molecule has 6 nitrogen and oxygen atoms in total. The minimum atomic E-state index is -1.01. The number of hydrogen-bond donors (Lipinski definition) is 0. The van der Waals surface area contributed by atoms with Crippen molar-refractivity contribution in [3.63, 3.8) is 0 Å². The molecule has 2 heterocycles. The first-order valence-electron chi connectivity index (χ1n) is 6.43. The molecule has 117 valence electrons. The van der Waals surface area contributed by atoms with Crippen LogP contribution in [0.2, 0.25) is 0 Å². The van der Waals surface area contributed by atoms with E-state index >= 15 is 0 Å². The summed E-state index contributed by atoms with van der Waals surface area (Å²) in [6.45, 7) is -0.301. The van der Waals surface area contributed by atoms with Gasteiger partial charge in [-0.1, -0.05) is 12.2 Å². The average molecular weight is 395 g/mol. The van der Waals surface area contributed by atoms with Crippen LogP contribution in [0.1, 0.15) is 11.6 Å². The summed E-state index contributed by atoms with van der Waals surface area (Å²) in [4.78, 5) is 35.4. The molecule has 0 saturated heterocycles. The zero-order chi connectivity index (χ0) is 15.9. The van der Waals surface area contributed by atoms with Gasteiger partial charge in [-0.25, -0.2) is 33.9 Å². The fourth-order valence-corrected chi connectivity index (χ4v) is 2.41. The van der Waals surface area contributed by atoms with Crippen molar-refractivity contribution in [3.8, 4) is 0 Å². The molecule has 1 aliphatic rings. The Morgan fingerprint density at radius 3 is 2.65 bits per heavy atom. The first kappa shape index (κ1) is 17.7. The number of nitrogens with zero attached hydrogens (tertiary/aromatic N) is 3. The van der Waals surface area contributed by atoms with E-state index in [0.717, 1.165) is 32.1 Å². The summed E-state index contributed by atoms with van der Waals surface area (Å²) in [5.41, 5.74) is -1.59. The van der Waals surface area contributed by atoms with Gasteiger partial charge in [-0.15, -0.1) is 0 Å². The first-order valence-corrected chi connectivity index (χ1v) is 6.43. The van der Waals surface area contributed by atoms with Crippen LogP contribution in [-0.2, 0) is 50.6 Å². The van der Waals surface area contributed by atoms with E-state index in [1.807, 2.05) is 0 Å².